The van der Waals surface area contributed by atoms with Crippen molar-refractivity contribution >= 4 is 11.9 Å². The highest BCUT2D eigenvalue weighted by Gasteiger charge is 2.67. The molecule has 0 unspecified atom stereocenters. The van der Waals surface area contributed by atoms with E-state index in [2.05, 4.69) is 0 Å². The molecule has 0 aliphatic carbocycles. The van der Waals surface area contributed by atoms with Crippen LogP contribution in [0.15, 0.2) is 12.2 Å². The zero-order valence-electron chi connectivity index (χ0n) is 12.7. The molecule has 3 saturated heterocycles. The summed E-state index contributed by atoms with van der Waals surface area (Å²) < 4.78 is 16.8. The largest absolute Gasteiger partial charge is 0.466 e. The van der Waals surface area contributed by atoms with Crippen molar-refractivity contribution in [3.05, 3.63) is 12.2 Å². The molecule has 2 bridgehead atoms. The molecular weight excluding hydrogens is 286 g/mol. The maximum absolute atomic E-state index is 12.8. The van der Waals surface area contributed by atoms with E-state index in [0.717, 1.165) is 19.4 Å². The van der Waals surface area contributed by atoms with Gasteiger partial charge in [0.25, 0.3) is 0 Å². The highest BCUT2D eigenvalue weighted by molar-refractivity contribution is 5.91. The second-order valence-electron chi connectivity index (χ2n) is 6.51. The molecule has 1 amide bonds. The summed E-state index contributed by atoms with van der Waals surface area (Å²) in [4.78, 5) is 26.9. The summed E-state index contributed by atoms with van der Waals surface area (Å²) in [5, 5.41) is 0. The van der Waals surface area contributed by atoms with Gasteiger partial charge < -0.3 is 19.1 Å². The van der Waals surface area contributed by atoms with Crippen LogP contribution in [0.1, 0.15) is 19.8 Å². The van der Waals surface area contributed by atoms with Gasteiger partial charge in [0.2, 0.25) is 5.91 Å². The molecular formula is C16H21NO5. The monoisotopic (exact) mass is 307 g/mol. The van der Waals surface area contributed by atoms with Crippen molar-refractivity contribution in [3.8, 4) is 0 Å². The van der Waals surface area contributed by atoms with Crippen LogP contribution >= 0.6 is 0 Å². The minimum absolute atomic E-state index is 0.000373. The summed E-state index contributed by atoms with van der Waals surface area (Å²) in [7, 11) is 0. The summed E-state index contributed by atoms with van der Waals surface area (Å²) in [5.74, 6) is -1.27. The first kappa shape index (κ1) is 14.2. The fraction of sp³-hybridized carbons (Fsp3) is 0.750. The van der Waals surface area contributed by atoms with Gasteiger partial charge in [0.15, 0.2) is 0 Å². The highest BCUT2D eigenvalue weighted by Crippen LogP contribution is 2.52. The third-order valence-electron chi connectivity index (χ3n) is 5.19. The van der Waals surface area contributed by atoms with Crippen LogP contribution in [0.4, 0.5) is 0 Å². The number of hydrogen-bond acceptors (Lipinski definition) is 5. The van der Waals surface area contributed by atoms with Crippen LogP contribution in [-0.2, 0) is 23.8 Å². The number of nitrogens with zero attached hydrogens (tertiary/aromatic N) is 1. The molecule has 0 aromatic rings. The normalized spacial score (nSPS) is 42.2. The van der Waals surface area contributed by atoms with Gasteiger partial charge in [-0.3, -0.25) is 9.59 Å². The minimum Gasteiger partial charge on any atom is -0.466 e. The maximum atomic E-state index is 12.8. The number of carbonyl (C=O) groups is 2. The Balaban J connectivity index is 1.55. The number of esters is 1. The first-order valence-electron chi connectivity index (χ1n) is 8.09. The first-order valence-corrected chi connectivity index (χ1v) is 8.09. The lowest BCUT2D eigenvalue weighted by Gasteiger charge is -2.23. The summed E-state index contributed by atoms with van der Waals surface area (Å²) in [6.07, 6.45) is 5.69. The van der Waals surface area contributed by atoms with Gasteiger partial charge in [-0.15, -0.1) is 0 Å². The molecule has 6 heteroatoms. The Morgan fingerprint density at radius 2 is 2.41 bits per heavy atom. The van der Waals surface area contributed by atoms with Crippen LogP contribution in [0.5, 0.6) is 0 Å². The summed E-state index contributed by atoms with van der Waals surface area (Å²) in [6.45, 7) is 3.97. The fourth-order valence-electron chi connectivity index (χ4n) is 4.27. The van der Waals surface area contributed by atoms with Gasteiger partial charge in [-0.1, -0.05) is 12.2 Å². The van der Waals surface area contributed by atoms with Crippen LogP contribution in [-0.4, -0.2) is 60.9 Å². The minimum atomic E-state index is -0.641. The Kier molecular flexibility index (Phi) is 3.27. The molecule has 0 aromatic heterocycles. The quantitative estimate of drug-likeness (QED) is 0.559. The van der Waals surface area contributed by atoms with E-state index in [4.69, 9.17) is 14.2 Å². The second kappa shape index (κ2) is 5.06. The highest BCUT2D eigenvalue weighted by atomic mass is 16.6. The average molecular weight is 307 g/mol. The summed E-state index contributed by atoms with van der Waals surface area (Å²) in [6, 6.07) is 0. The Morgan fingerprint density at radius 3 is 3.14 bits per heavy atom. The number of likely N-dealkylation sites (tertiary alicyclic amines) is 1. The van der Waals surface area contributed by atoms with Gasteiger partial charge in [0.1, 0.15) is 11.5 Å². The van der Waals surface area contributed by atoms with Crippen molar-refractivity contribution in [2.75, 3.05) is 26.3 Å². The van der Waals surface area contributed by atoms with Gasteiger partial charge >= 0.3 is 5.97 Å². The number of carbonyl (C=O) groups excluding carboxylic acids is 2. The lowest BCUT2D eigenvalue weighted by molar-refractivity contribution is -0.153. The lowest BCUT2D eigenvalue weighted by Crippen LogP contribution is -2.40. The van der Waals surface area contributed by atoms with E-state index in [-0.39, 0.29) is 24.1 Å². The molecule has 1 spiro atoms. The predicted molar refractivity (Wildman–Crippen MR) is 75.9 cm³/mol. The van der Waals surface area contributed by atoms with Gasteiger partial charge in [-0.25, -0.2) is 0 Å². The average Bonchev–Trinajstić information content (AvgIpc) is 3.23. The molecule has 0 aromatic carbocycles. The van der Waals surface area contributed by atoms with E-state index in [1.54, 1.807) is 11.8 Å². The molecule has 4 heterocycles. The number of amides is 1. The number of hydrogen-bond donors (Lipinski definition) is 0. The Hall–Kier alpha value is -1.40. The molecule has 0 radical (unpaired) electrons. The molecule has 4 rings (SSSR count). The van der Waals surface area contributed by atoms with E-state index in [0.29, 0.717) is 19.7 Å². The Labute approximate surface area is 129 Å². The van der Waals surface area contributed by atoms with E-state index >= 15 is 0 Å². The molecule has 120 valence electrons. The van der Waals surface area contributed by atoms with Gasteiger partial charge in [-0.2, -0.15) is 0 Å². The number of rotatable bonds is 4. The van der Waals surface area contributed by atoms with Crippen molar-refractivity contribution in [1.29, 1.82) is 0 Å². The third kappa shape index (κ3) is 1.93. The molecule has 4 aliphatic rings. The van der Waals surface area contributed by atoms with E-state index in [1.165, 1.54) is 0 Å². The molecule has 4 aliphatic heterocycles. The molecule has 5 atom stereocenters. The van der Waals surface area contributed by atoms with Crippen LogP contribution < -0.4 is 0 Å². The Bertz CT molecular complexity index is 527. The molecule has 0 saturated carbocycles. The zero-order chi connectivity index (χ0) is 15.3. The first-order chi connectivity index (χ1) is 10.6. The van der Waals surface area contributed by atoms with Crippen LogP contribution in [0.2, 0.25) is 0 Å². The van der Waals surface area contributed by atoms with Crippen molar-refractivity contribution in [2.24, 2.45) is 11.8 Å². The predicted octanol–water partition coefficient (Wildman–Crippen LogP) is 0.510. The van der Waals surface area contributed by atoms with Gasteiger partial charge in [0.05, 0.1) is 31.3 Å². The maximum Gasteiger partial charge on any atom is 0.312 e. The van der Waals surface area contributed by atoms with Crippen LogP contribution in [0, 0.1) is 11.8 Å². The number of fused-ring (bicyclic) bond motifs is 1. The zero-order valence-corrected chi connectivity index (χ0v) is 12.7. The summed E-state index contributed by atoms with van der Waals surface area (Å²) in [5.41, 5.74) is -0.641. The molecule has 6 nitrogen and oxygen atoms in total. The third-order valence-corrected chi connectivity index (χ3v) is 5.19. The van der Waals surface area contributed by atoms with E-state index in [1.807, 2.05) is 12.2 Å². The summed E-state index contributed by atoms with van der Waals surface area (Å²) >= 11 is 0. The van der Waals surface area contributed by atoms with Gasteiger partial charge in [0, 0.05) is 13.2 Å². The van der Waals surface area contributed by atoms with E-state index in [9.17, 15) is 9.59 Å². The van der Waals surface area contributed by atoms with Crippen LogP contribution in [0.25, 0.3) is 0 Å². The second-order valence-corrected chi connectivity index (χ2v) is 6.51. The topological polar surface area (TPSA) is 65.1 Å². The van der Waals surface area contributed by atoms with E-state index < -0.39 is 17.4 Å². The number of ether oxygens (including phenoxy) is 3. The smallest absolute Gasteiger partial charge is 0.312 e. The SMILES string of the molecule is CCOC(=O)[C@@H]1[C@H]2C=C[C@@]3(CN(C[C@@H]4CCCO4)C(=O)[C@@H]13)O2. The van der Waals surface area contributed by atoms with Crippen molar-refractivity contribution in [3.63, 3.8) is 0 Å². The lowest BCUT2D eigenvalue weighted by atomic mass is 9.77. The molecule has 3 fully saturated rings. The van der Waals surface area contributed by atoms with Crippen molar-refractivity contribution < 1.29 is 23.8 Å². The van der Waals surface area contributed by atoms with Crippen molar-refractivity contribution in [1.82, 2.24) is 4.90 Å². The molecule has 0 N–H and O–H groups in total. The fourth-order valence-corrected chi connectivity index (χ4v) is 4.27. The van der Waals surface area contributed by atoms with Crippen LogP contribution in [0.3, 0.4) is 0 Å². The Morgan fingerprint density at radius 1 is 1.55 bits per heavy atom. The van der Waals surface area contributed by atoms with Gasteiger partial charge in [-0.05, 0) is 19.8 Å². The van der Waals surface area contributed by atoms with Crippen molar-refractivity contribution in [2.45, 2.75) is 37.6 Å². The molecule has 22 heavy (non-hydrogen) atoms. The standard InChI is InChI=1S/C16H21NO5/c1-2-20-15(19)12-11-5-6-16(22-11)9-17(14(18)13(12)16)8-10-4-3-7-21-10/h5-6,10-13H,2-4,7-9H2,1H3/t10-,11+,12+,13+,16-/m0/s1.